The number of fused-ring (bicyclic) bond motifs is 1. The molecular weight excluding hydrogens is 474 g/mol. The van der Waals surface area contributed by atoms with Gasteiger partial charge in [0.05, 0.1) is 0 Å². The Labute approximate surface area is 207 Å². The molecule has 0 saturated carbocycles. The van der Waals surface area contributed by atoms with E-state index >= 15 is 0 Å². The number of carbonyl (C=O) groups excluding carboxylic acids is 5. The number of carbonyl (C=O) groups is 5. The van der Waals surface area contributed by atoms with E-state index in [1.54, 1.807) is 6.20 Å². The Hall–Kier alpha value is -4.15. The predicted octanol–water partition coefficient (Wildman–Crippen LogP) is 2.44. The minimum Gasteiger partial charge on any atom is -0.462 e. The van der Waals surface area contributed by atoms with E-state index in [-0.39, 0.29) is 5.76 Å². The second-order valence-corrected chi connectivity index (χ2v) is 7.91. The fourth-order valence-corrected chi connectivity index (χ4v) is 3.58. The lowest BCUT2D eigenvalue weighted by Gasteiger charge is -2.32. The van der Waals surface area contributed by atoms with Gasteiger partial charge in [0, 0.05) is 64.3 Å². The van der Waals surface area contributed by atoms with Crippen LogP contribution in [0.5, 0.6) is 0 Å². The van der Waals surface area contributed by atoms with Gasteiger partial charge in [-0.25, -0.2) is 0 Å². The number of benzene rings is 1. The number of esters is 5. The molecule has 0 spiro atoms. The normalized spacial score (nSPS) is 13.8. The highest BCUT2D eigenvalue weighted by molar-refractivity contribution is 5.90. The van der Waals surface area contributed by atoms with Gasteiger partial charge in [-0.15, -0.1) is 0 Å². The van der Waals surface area contributed by atoms with Gasteiger partial charge in [-0.2, -0.15) is 0 Å². The largest absolute Gasteiger partial charge is 0.462 e. The number of hydrogen-bond donors (Lipinski definition) is 0. The quantitative estimate of drug-likeness (QED) is 0.270. The molecule has 0 saturated heterocycles. The summed E-state index contributed by atoms with van der Waals surface area (Å²) in [6.07, 6.45) is -1.25. The Bertz CT molecular complexity index is 1180. The zero-order valence-electron chi connectivity index (χ0n) is 20.9. The first-order chi connectivity index (χ1) is 16.9. The minimum atomic E-state index is -1.55. The van der Waals surface area contributed by atoms with Crippen LogP contribution in [0.4, 0.5) is 0 Å². The van der Waals surface area contributed by atoms with Crippen molar-refractivity contribution < 1.29 is 47.7 Å². The van der Waals surface area contributed by atoms with Gasteiger partial charge in [0.25, 0.3) is 0 Å². The highest BCUT2D eigenvalue weighted by Gasteiger charge is 2.41. The van der Waals surface area contributed by atoms with Gasteiger partial charge in [-0.1, -0.05) is 18.2 Å². The molecule has 1 aromatic carbocycles. The van der Waals surface area contributed by atoms with Crippen molar-refractivity contribution in [2.75, 3.05) is 6.61 Å². The third-order valence-electron chi connectivity index (χ3n) is 4.80. The van der Waals surface area contributed by atoms with E-state index in [9.17, 15) is 24.0 Å². The van der Waals surface area contributed by atoms with Crippen LogP contribution < -0.4 is 0 Å². The molecule has 3 atom stereocenters. The van der Waals surface area contributed by atoms with Gasteiger partial charge in [0.1, 0.15) is 6.61 Å². The number of ether oxygens (including phenoxy) is 5. The molecule has 1 heterocycles. The monoisotopic (exact) mass is 503 g/mol. The zero-order chi connectivity index (χ0) is 27.0. The fraction of sp³-hybridized carbons (Fsp3) is 0.400. The number of aryl methyl sites for hydroxylation is 1. The third-order valence-corrected chi connectivity index (χ3v) is 4.80. The van der Waals surface area contributed by atoms with Crippen molar-refractivity contribution in [3.63, 3.8) is 0 Å². The topological polar surface area (TPSA) is 136 Å². The van der Waals surface area contributed by atoms with Crippen LogP contribution in [-0.2, 0) is 54.7 Å². The summed E-state index contributed by atoms with van der Waals surface area (Å²) in [6.45, 7) is 5.06. The van der Waals surface area contributed by atoms with Crippen LogP contribution in [0.25, 0.3) is 17.0 Å². The van der Waals surface area contributed by atoms with Crippen LogP contribution in [0.1, 0.15) is 40.2 Å². The van der Waals surface area contributed by atoms with Crippen molar-refractivity contribution in [2.45, 2.75) is 52.9 Å². The van der Waals surface area contributed by atoms with Crippen molar-refractivity contribution >= 4 is 46.8 Å². The van der Waals surface area contributed by atoms with E-state index < -0.39 is 54.8 Å². The van der Waals surface area contributed by atoms with Crippen molar-refractivity contribution in [1.29, 1.82) is 0 Å². The van der Waals surface area contributed by atoms with Crippen LogP contribution in [0.15, 0.2) is 36.2 Å². The average molecular weight is 504 g/mol. The molecule has 11 heteroatoms. The first-order valence-corrected chi connectivity index (χ1v) is 11.0. The SMILES string of the molecule is CC(=O)OC[C@H](OC(C)=O)[C@@H](OC(C)=O)[C@H](OC(C)=O)/C(=C\c1cn(C)c2ccccc12)OC(C)=O. The van der Waals surface area contributed by atoms with Crippen LogP contribution in [-0.4, -0.2) is 59.3 Å². The van der Waals surface area contributed by atoms with Crippen LogP contribution in [0.2, 0.25) is 0 Å². The van der Waals surface area contributed by atoms with Gasteiger partial charge in [-0.05, 0) is 12.1 Å². The lowest BCUT2D eigenvalue weighted by molar-refractivity contribution is -0.189. The maximum absolute atomic E-state index is 12.1. The average Bonchev–Trinajstić information content (AvgIpc) is 3.08. The molecule has 2 aromatic rings. The molecule has 0 radical (unpaired) electrons. The van der Waals surface area contributed by atoms with E-state index in [4.69, 9.17) is 23.7 Å². The molecule has 2 rings (SSSR count). The molecule has 1 aromatic heterocycles. The summed E-state index contributed by atoms with van der Waals surface area (Å²) in [7, 11) is 1.83. The fourth-order valence-electron chi connectivity index (χ4n) is 3.58. The summed E-state index contributed by atoms with van der Waals surface area (Å²) in [4.78, 5) is 59.4. The lowest BCUT2D eigenvalue weighted by Crippen LogP contribution is -2.48. The molecule has 11 nitrogen and oxygen atoms in total. The molecule has 0 aliphatic carbocycles. The number of aromatic nitrogens is 1. The third kappa shape index (κ3) is 7.97. The smallest absolute Gasteiger partial charge is 0.307 e. The van der Waals surface area contributed by atoms with E-state index in [1.807, 2.05) is 35.9 Å². The Morgan fingerprint density at radius 1 is 0.833 bits per heavy atom. The van der Waals surface area contributed by atoms with E-state index in [0.717, 1.165) is 45.5 Å². The minimum absolute atomic E-state index is 0.194. The number of rotatable bonds is 10. The molecule has 194 valence electrons. The van der Waals surface area contributed by atoms with Crippen LogP contribution in [0.3, 0.4) is 0 Å². The van der Waals surface area contributed by atoms with Crippen molar-refractivity contribution in [2.24, 2.45) is 7.05 Å². The molecule has 0 aliphatic rings. The van der Waals surface area contributed by atoms with Crippen molar-refractivity contribution in [3.8, 4) is 0 Å². The van der Waals surface area contributed by atoms with Crippen LogP contribution in [0, 0.1) is 0 Å². The first-order valence-electron chi connectivity index (χ1n) is 11.0. The van der Waals surface area contributed by atoms with Crippen molar-refractivity contribution in [1.82, 2.24) is 4.57 Å². The maximum Gasteiger partial charge on any atom is 0.307 e. The molecule has 0 unspecified atom stereocenters. The van der Waals surface area contributed by atoms with Gasteiger partial charge >= 0.3 is 29.8 Å². The molecule has 0 N–H and O–H groups in total. The van der Waals surface area contributed by atoms with E-state index in [2.05, 4.69) is 0 Å². The van der Waals surface area contributed by atoms with Gasteiger partial charge in [0.15, 0.2) is 24.1 Å². The summed E-state index contributed by atoms with van der Waals surface area (Å²) in [5, 5.41) is 0.798. The van der Waals surface area contributed by atoms with Crippen molar-refractivity contribution in [3.05, 3.63) is 41.8 Å². The summed E-state index contributed by atoms with van der Waals surface area (Å²) in [6, 6.07) is 7.42. The Kier molecular flexibility index (Phi) is 9.77. The number of para-hydroxylation sites is 1. The highest BCUT2D eigenvalue weighted by Crippen LogP contribution is 2.28. The summed E-state index contributed by atoms with van der Waals surface area (Å²) in [5.41, 5.74) is 1.48. The zero-order valence-corrected chi connectivity index (χ0v) is 20.9. The van der Waals surface area contributed by atoms with Gasteiger partial charge in [-0.3, -0.25) is 24.0 Å². The molecule has 0 fully saturated rings. The first kappa shape index (κ1) is 28.1. The molecular formula is C25H29NO10. The van der Waals surface area contributed by atoms with Crippen LogP contribution >= 0.6 is 0 Å². The summed E-state index contributed by atoms with van der Waals surface area (Å²) < 4.78 is 28.3. The predicted molar refractivity (Wildman–Crippen MR) is 126 cm³/mol. The van der Waals surface area contributed by atoms with E-state index in [0.29, 0.717) is 5.56 Å². The van der Waals surface area contributed by atoms with Gasteiger partial charge in [0.2, 0.25) is 0 Å². The summed E-state index contributed by atoms with van der Waals surface area (Å²) in [5.74, 6) is -4.03. The Morgan fingerprint density at radius 3 is 2.00 bits per heavy atom. The Balaban J connectivity index is 2.71. The van der Waals surface area contributed by atoms with E-state index in [1.165, 1.54) is 6.08 Å². The maximum atomic E-state index is 12.1. The molecule has 0 amide bonds. The second-order valence-electron chi connectivity index (χ2n) is 7.91. The highest BCUT2D eigenvalue weighted by atomic mass is 16.6. The molecule has 36 heavy (non-hydrogen) atoms. The Morgan fingerprint density at radius 2 is 1.44 bits per heavy atom. The molecule has 0 bridgehead atoms. The lowest BCUT2D eigenvalue weighted by atomic mass is 10.0. The standard InChI is InChI=1S/C25H29NO10/c1-14(27)32-13-23(34-16(3)29)25(36-18(5)31)24(35-17(4)30)22(33-15(2)28)11-19-12-26(6)21-10-8-7-9-20(19)21/h7-12,23-25H,13H2,1-6H3/b22-11+/t23-,24+,25+/m0/s1. The summed E-state index contributed by atoms with van der Waals surface area (Å²) >= 11 is 0. The number of hydrogen-bond acceptors (Lipinski definition) is 10. The van der Waals surface area contributed by atoms with Gasteiger partial charge < -0.3 is 28.3 Å². The second kappa shape index (κ2) is 12.5. The molecule has 0 aliphatic heterocycles. The number of nitrogens with zero attached hydrogens (tertiary/aromatic N) is 1.